The molecule has 0 radical (unpaired) electrons. The Morgan fingerprint density at radius 1 is 0.436 bits per heavy atom. The first kappa shape index (κ1) is 28.5. The molecule has 6 aromatic carbocycles. The average molecular weight is 519 g/mol. The van der Waals surface area contributed by atoms with Gasteiger partial charge in [-0.25, -0.2) is 0 Å². The minimum atomic E-state index is 0.741. The van der Waals surface area contributed by atoms with E-state index in [1.54, 1.807) is 0 Å². The molecule has 0 heterocycles. The molecule has 0 amide bonds. The van der Waals surface area contributed by atoms with Crippen molar-refractivity contribution < 1.29 is 0 Å². The van der Waals surface area contributed by atoms with Crippen LogP contribution >= 0.6 is 0 Å². The smallest absolute Gasteiger partial charge is 0.0577 e. The molecule has 0 bridgehead atoms. The van der Waals surface area contributed by atoms with E-state index in [0.29, 0.717) is 0 Å². The number of rotatable bonds is 1. The molecule has 0 unspecified atom stereocenters. The van der Waals surface area contributed by atoms with Crippen LogP contribution in [0.2, 0.25) is 0 Å². The molecule has 0 spiro atoms. The van der Waals surface area contributed by atoms with Crippen LogP contribution in [0.1, 0.15) is 13.8 Å². The molecule has 200 valence electrons. The fourth-order valence-corrected chi connectivity index (χ4v) is 4.23. The molecular formula is C33H38N6. The number of benzene rings is 6. The van der Waals surface area contributed by atoms with Crippen LogP contribution in [0.15, 0.2) is 109 Å². The summed E-state index contributed by atoms with van der Waals surface area (Å²) in [5.41, 5.74) is 33.7. The summed E-state index contributed by atoms with van der Waals surface area (Å²) < 4.78 is 0. The Bertz CT molecular complexity index is 1600. The van der Waals surface area contributed by atoms with Gasteiger partial charge in [0.1, 0.15) is 0 Å². The Labute approximate surface area is 230 Å². The van der Waals surface area contributed by atoms with Gasteiger partial charge in [-0.15, -0.1) is 0 Å². The van der Waals surface area contributed by atoms with Crippen LogP contribution in [0.5, 0.6) is 0 Å². The summed E-state index contributed by atoms with van der Waals surface area (Å²) in [6, 6.07) is 35.3. The van der Waals surface area contributed by atoms with Crippen molar-refractivity contribution in [3.05, 3.63) is 109 Å². The number of fused-ring (bicyclic) bond motifs is 3. The zero-order chi connectivity index (χ0) is 28.4. The van der Waals surface area contributed by atoms with Crippen molar-refractivity contribution >= 4 is 66.4 Å². The fraction of sp³-hybridized carbons (Fsp3) is 0.0909. The third-order valence-corrected chi connectivity index (χ3v) is 6.15. The monoisotopic (exact) mass is 518 g/mol. The van der Waals surface area contributed by atoms with Crippen molar-refractivity contribution in [2.75, 3.05) is 41.0 Å². The second-order valence-corrected chi connectivity index (χ2v) is 8.62. The molecule has 6 nitrogen and oxygen atoms in total. The Kier molecular flexibility index (Phi) is 9.82. The van der Waals surface area contributed by atoms with E-state index < -0.39 is 0 Å². The van der Waals surface area contributed by atoms with E-state index in [9.17, 15) is 0 Å². The molecular weight excluding hydrogens is 480 g/mol. The highest BCUT2D eigenvalue weighted by Crippen LogP contribution is 2.27. The van der Waals surface area contributed by atoms with Crippen molar-refractivity contribution in [1.82, 2.24) is 0 Å². The quantitative estimate of drug-likeness (QED) is 0.124. The fourth-order valence-electron chi connectivity index (χ4n) is 4.23. The summed E-state index contributed by atoms with van der Waals surface area (Å²) in [6.07, 6.45) is 0. The largest absolute Gasteiger partial charge is 0.398 e. The molecule has 0 saturated heterocycles. The lowest BCUT2D eigenvalue weighted by molar-refractivity contribution is 1.50. The molecule has 0 fully saturated rings. The second-order valence-electron chi connectivity index (χ2n) is 8.62. The van der Waals surface area contributed by atoms with E-state index in [-0.39, 0.29) is 0 Å². The van der Waals surface area contributed by atoms with Gasteiger partial charge in [0.25, 0.3) is 0 Å². The number of nitrogens with two attached hydrogens (primary N) is 5. The minimum Gasteiger partial charge on any atom is -0.398 e. The van der Waals surface area contributed by atoms with Crippen LogP contribution in [0.3, 0.4) is 0 Å². The van der Waals surface area contributed by atoms with Gasteiger partial charge in [-0.05, 0) is 52.6 Å². The molecule has 0 aromatic heterocycles. The third-order valence-electron chi connectivity index (χ3n) is 6.15. The predicted molar refractivity (Wildman–Crippen MR) is 175 cm³/mol. The van der Waals surface area contributed by atoms with Crippen molar-refractivity contribution in [2.24, 2.45) is 0 Å². The Morgan fingerprint density at radius 2 is 0.846 bits per heavy atom. The maximum absolute atomic E-state index is 5.83. The lowest BCUT2D eigenvalue weighted by Gasteiger charge is -2.06. The molecule has 11 N–H and O–H groups in total. The number of hydrogen-bond donors (Lipinski definition) is 6. The second kappa shape index (κ2) is 13.4. The van der Waals surface area contributed by atoms with Crippen molar-refractivity contribution in [3.8, 4) is 0 Å². The van der Waals surface area contributed by atoms with Crippen molar-refractivity contribution in [1.29, 1.82) is 0 Å². The summed E-state index contributed by atoms with van der Waals surface area (Å²) in [6.45, 7) is 4.00. The molecule has 0 atom stereocenters. The van der Waals surface area contributed by atoms with Gasteiger partial charge in [0.2, 0.25) is 0 Å². The molecule has 6 heteroatoms. The Hall–Kier alpha value is -5.10. The van der Waals surface area contributed by atoms with E-state index in [0.717, 1.165) is 55.7 Å². The number of hydrogen-bond acceptors (Lipinski definition) is 6. The highest BCUT2D eigenvalue weighted by molar-refractivity contribution is 6.01. The molecule has 39 heavy (non-hydrogen) atoms. The van der Waals surface area contributed by atoms with Crippen LogP contribution in [-0.4, -0.2) is 7.05 Å². The van der Waals surface area contributed by atoms with Gasteiger partial charge >= 0.3 is 0 Å². The van der Waals surface area contributed by atoms with Crippen LogP contribution in [0, 0.1) is 0 Å². The summed E-state index contributed by atoms with van der Waals surface area (Å²) in [5.74, 6) is 0. The summed E-state index contributed by atoms with van der Waals surface area (Å²) in [4.78, 5) is 0. The van der Waals surface area contributed by atoms with Crippen LogP contribution in [0.25, 0.3) is 32.3 Å². The van der Waals surface area contributed by atoms with E-state index in [1.807, 2.05) is 112 Å². The molecule has 0 aliphatic carbocycles. The molecule has 0 saturated carbocycles. The first-order valence-electron chi connectivity index (χ1n) is 12.9. The van der Waals surface area contributed by atoms with E-state index >= 15 is 0 Å². The first-order chi connectivity index (χ1) is 18.9. The van der Waals surface area contributed by atoms with Crippen LogP contribution in [-0.2, 0) is 0 Å². The SMILES string of the molecule is CC.CNc1cc2ccccc2cc1N.Nc1cccc2c(N)cccc12.Nc1cccc2cccc(N)c12. The third kappa shape index (κ3) is 6.81. The Morgan fingerprint density at radius 3 is 1.31 bits per heavy atom. The van der Waals surface area contributed by atoms with Gasteiger partial charge in [0.05, 0.1) is 11.4 Å². The maximum Gasteiger partial charge on any atom is 0.0577 e. The van der Waals surface area contributed by atoms with Gasteiger partial charge in [-0.3, -0.25) is 0 Å². The van der Waals surface area contributed by atoms with Crippen LogP contribution < -0.4 is 34.0 Å². The van der Waals surface area contributed by atoms with Crippen molar-refractivity contribution in [3.63, 3.8) is 0 Å². The normalized spacial score (nSPS) is 9.92. The highest BCUT2D eigenvalue weighted by atomic mass is 14.8. The standard InChI is InChI=1S/C11H12N2.2C10H10N2.C2H6/c1-13-11-7-9-5-3-2-4-8(9)6-10(11)12;11-9-5-1-3-7-8(9)4-2-6-10(7)12;11-8-5-1-3-7-4-2-6-9(12)10(7)8;1-2/h2-7,13H,12H2,1H3;2*1-6H,11-12H2;1-2H3. The summed E-state index contributed by atoms with van der Waals surface area (Å²) >= 11 is 0. The average Bonchev–Trinajstić information content (AvgIpc) is 2.95. The minimum absolute atomic E-state index is 0.741. The van der Waals surface area contributed by atoms with Gasteiger partial charge in [-0.1, -0.05) is 86.6 Å². The molecule has 6 rings (SSSR count). The Balaban J connectivity index is 0.000000157. The van der Waals surface area contributed by atoms with Crippen molar-refractivity contribution in [2.45, 2.75) is 13.8 Å². The van der Waals surface area contributed by atoms with E-state index in [1.165, 1.54) is 10.8 Å². The maximum atomic E-state index is 5.83. The summed E-state index contributed by atoms with van der Waals surface area (Å²) in [7, 11) is 1.88. The van der Waals surface area contributed by atoms with Gasteiger partial charge in [-0.2, -0.15) is 0 Å². The lowest BCUT2D eigenvalue weighted by Crippen LogP contribution is -1.95. The van der Waals surface area contributed by atoms with E-state index in [4.69, 9.17) is 28.7 Å². The first-order valence-corrected chi connectivity index (χ1v) is 12.9. The number of nitrogen functional groups attached to an aromatic ring is 5. The topological polar surface area (TPSA) is 142 Å². The van der Waals surface area contributed by atoms with Gasteiger partial charge in [0.15, 0.2) is 0 Å². The predicted octanol–water partition coefficient (Wildman–Crippen LogP) is 7.50. The number of anilines is 6. The zero-order valence-electron chi connectivity index (χ0n) is 22.8. The number of nitrogens with one attached hydrogen (secondary N) is 1. The van der Waals surface area contributed by atoms with Crippen LogP contribution in [0.4, 0.5) is 34.1 Å². The van der Waals surface area contributed by atoms with Gasteiger partial charge < -0.3 is 34.0 Å². The van der Waals surface area contributed by atoms with E-state index in [2.05, 4.69) is 23.5 Å². The molecule has 0 aliphatic rings. The highest BCUT2D eigenvalue weighted by Gasteiger charge is 2.00. The molecule has 0 aliphatic heterocycles. The summed E-state index contributed by atoms with van der Waals surface area (Å²) in [5, 5.41) is 9.55. The zero-order valence-corrected chi connectivity index (χ0v) is 22.8. The molecule has 6 aromatic rings. The lowest BCUT2D eigenvalue weighted by atomic mass is 10.1. The van der Waals surface area contributed by atoms with Gasteiger partial charge in [0, 0.05) is 46.0 Å².